The van der Waals surface area contributed by atoms with Crippen LogP contribution >= 0.6 is 0 Å². The molecule has 0 radical (unpaired) electrons. The topological polar surface area (TPSA) is 169 Å². The molecule has 3 N–H and O–H groups in total. The minimum absolute atomic E-state index is 0.00119. The van der Waals surface area contributed by atoms with Crippen molar-refractivity contribution in [1.29, 1.82) is 0 Å². The van der Waals surface area contributed by atoms with Crippen molar-refractivity contribution in [2.24, 2.45) is 5.92 Å². The van der Waals surface area contributed by atoms with E-state index < -0.39 is 53.2 Å². The van der Waals surface area contributed by atoms with Crippen molar-refractivity contribution in [2.75, 3.05) is 13.2 Å². The summed E-state index contributed by atoms with van der Waals surface area (Å²) in [6, 6.07) is 11.2. The number of ether oxygens (including phenoxy) is 3. The smallest absolute Gasteiger partial charge is 0.408 e. The van der Waals surface area contributed by atoms with Gasteiger partial charge in [-0.25, -0.2) is 19.6 Å². The molecule has 3 aliphatic heterocycles. The Morgan fingerprint density at radius 2 is 1.87 bits per heavy atom. The van der Waals surface area contributed by atoms with E-state index in [0.29, 0.717) is 36.2 Å². The van der Waals surface area contributed by atoms with E-state index in [2.05, 4.69) is 10.6 Å². The van der Waals surface area contributed by atoms with Crippen LogP contribution in [0.4, 0.5) is 4.79 Å². The van der Waals surface area contributed by atoms with Crippen molar-refractivity contribution in [3.8, 4) is 22.9 Å². The van der Waals surface area contributed by atoms with Gasteiger partial charge in [-0.3, -0.25) is 9.59 Å². The molecule has 1 saturated carbocycles. The molecule has 13 heteroatoms. The van der Waals surface area contributed by atoms with Crippen LogP contribution in [-0.2, 0) is 25.5 Å². The lowest BCUT2D eigenvalue weighted by molar-refractivity contribution is -0.145. The molecule has 7 rings (SSSR count). The van der Waals surface area contributed by atoms with Crippen molar-refractivity contribution in [2.45, 2.75) is 101 Å². The number of carbonyl (C=O) groups is 4. The normalized spacial score (nSPS) is 26.8. The molecule has 0 spiro atoms. The van der Waals surface area contributed by atoms with Gasteiger partial charge in [-0.05, 0) is 82.3 Å². The van der Waals surface area contributed by atoms with Crippen molar-refractivity contribution >= 4 is 34.9 Å². The van der Waals surface area contributed by atoms with Crippen LogP contribution in [0.2, 0.25) is 0 Å². The highest BCUT2D eigenvalue weighted by Crippen LogP contribution is 2.45. The van der Waals surface area contributed by atoms with Gasteiger partial charge < -0.3 is 34.9 Å². The Balaban J connectivity index is 1.22. The van der Waals surface area contributed by atoms with Gasteiger partial charge >= 0.3 is 12.1 Å². The molecule has 1 saturated heterocycles. The number of carbonyl (C=O) groups excluding carboxylic acids is 3. The van der Waals surface area contributed by atoms with Gasteiger partial charge in [0.15, 0.2) is 0 Å². The summed E-state index contributed by atoms with van der Waals surface area (Å²) in [4.78, 5) is 65.2. The van der Waals surface area contributed by atoms with E-state index in [4.69, 9.17) is 24.2 Å². The molecular formula is C39H45N5O8. The van der Waals surface area contributed by atoms with Crippen LogP contribution in [0.15, 0.2) is 54.6 Å². The molecule has 4 heterocycles. The van der Waals surface area contributed by atoms with E-state index in [1.165, 1.54) is 4.90 Å². The molecule has 52 heavy (non-hydrogen) atoms. The lowest BCUT2D eigenvalue weighted by Gasteiger charge is -2.30. The van der Waals surface area contributed by atoms with Gasteiger partial charge in [-0.2, -0.15) is 0 Å². The minimum Gasteiger partial charge on any atom is -0.493 e. The molecular weight excluding hydrogens is 666 g/mol. The third-order valence-electron chi connectivity index (χ3n) is 10.1. The first-order valence-electron chi connectivity index (χ1n) is 18.1. The fraction of sp³-hybridized carbons (Fsp3) is 0.487. The number of benzene rings is 2. The zero-order valence-corrected chi connectivity index (χ0v) is 29.7. The number of aromatic nitrogens is 2. The van der Waals surface area contributed by atoms with E-state index in [0.717, 1.165) is 42.6 Å². The number of allylic oxidation sites excluding steroid dienone is 1. The van der Waals surface area contributed by atoms with Crippen LogP contribution in [0, 0.1) is 5.92 Å². The SMILES string of the molecule is CC(C)(C)OC(=O)N[C@H]1CCCCC/C=C\C2CC2(C(=O)O)NC(=O)C2C[C@@H](Oc3nc4ccccc4nc3-c3ccc4c(c3)CCO4)CN2C1=O. The molecule has 3 aromatic rings. The monoisotopic (exact) mass is 711 g/mol. The Bertz CT molecular complexity index is 1920. The van der Waals surface area contributed by atoms with Crippen molar-refractivity contribution in [3.05, 3.63) is 60.2 Å². The quantitative estimate of drug-likeness (QED) is 0.308. The van der Waals surface area contributed by atoms with Crippen molar-refractivity contribution < 1.29 is 38.5 Å². The summed E-state index contributed by atoms with van der Waals surface area (Å²) in [6.07, 6.45) is 6.84. The van der Waals surface area contributed by atoms with E-state index in [9.17, 15) is 24.3 Å². The molecule has 3 unspecified atom stereocenters. The lowest BCUT2D eigenvalue weighted by Crippen LogP contribution is -2.56. The number of nitrogens with zero attached hydrogens (tertiary/aromatic N) is 3. The summed E-state index contributed by atoms with van der Waals surface area (Å²) in [7, 11) is 0. The number of nitrogens with one attached hydrogen (secondary N) is 2. The minimum atomic E-state index is -1.45. The number of hydrogen-bond donors (Lipinski definition) is 3. The van der Waals surface area contributed by atoms with E-state index in [1.54, 1.807) is 20.8 Å². The van der Waals surface area contributed by atoms with Crippen LogP contribution in [-0.4, -0.2) is 86.3 Å². The molecule has 13 nitrogen and oxygen atoms in total. The average molecular weight is 712 g/mol. The third kappa shape index (κ3) is 7.40. The van der Waals surface area contributed by atoms with Gasteiger partial charge in [0, 0.05) is 24.3 Å². The number of carboxylic acids is 1. The maximum absolute atomic E-state index is 14.4. The van der Waals surface area contributed by atoms with Gasteiger partial charge in [0.05, 0.1) is 24.2 Å². The first-order valence-corrected chi connectivity index (χ1v) is 18.1. The van der Waals surface area contributed by atoms with Crippen LogP contribution in [0.25, 0.3) is 22.3 Å². The highest BCUT2D eigenvalue weighted by atomic mass is 16.6. The molecule has 4 aliphatic rings. The number of carboxylic acid groups (broad SMARTS) is 1. The number of alkyl carbamates (subject to hydrolysis) is 1. The first kappa shape index (κ1) is 35.2. The summed E-state index contributed by atoms with van der Waals surface area (Å²) in [5.74, 6) is -1.46. The Morgan fingerprint density at radius 1 is 1.08 bits per heavy atom. The number of hydrogen-bond acceptors (Lipinski definition) is 9. The Morgan fingerprint density at radius 3 is 2.63 bits per heavy atom. The lowest BCUT2D eigenvalue weighted by atomic mass is 10.0. The van der Waals surface area contributed by atoms with Gasteiger partial charge in [0.1, 0.15) is 40.8 Å². The maximum Gasteiger partial charge on any atom is 0.408 e. The Hall–Kier alpha value is -5.20. The number of aliphatic carboxylic acids is 1. The Kier molecular flexibility index (Phi) is 9.53. The summed E-state index contributed by atoms with van der Waals surface area (Å²) in [6.45, 7) is 5.82. The molecule has 2 aromatic carbocycles. The molecule has 0 bridgehead atoms. The average Bonchev–Trinajstić information content (AvgIpc) is 3.38. The van der Waals surface area contributed by atoms with Gasteiger partial charge in [0.2, 0.25) is 17.7 Å². The summed E-state index contributed by atoms with van der Waals surface area (Å²) < 4.78 is 17.8. The predicted molar refractivity (Wildman–Crippen MR) is 191 cm³/mol. The molecule has 5 atom stereocenters. The van der Waals surface area contributed by atoms with Crippen LogP contribution in [0.1, 0.15) is 71.3 Å². The van der Waals surface area contributed by atoms with Gasteiger partial charge in [0.25, 0.3) is 0 Å². The summed E-state index contributed by atoms with van der Waals surface area (Å²) in [5.41, 5.74) is 1.40. The van der Waals surface area contributed by atoms with Crippen LogP contribution < -0.4 is 20.1 Å². The molecule has 3 amide bonds. The van der Waals surface area contributed by atoms with Crippen LogP contribution in [0.3, 0.4) is 0 Å². The fourth-order valence-corrected chi connectivity index (χ4v) is 7.34. The van der Waals surface area contributed by atoms with E-state index >= 15 is 0 Å². The number of rotatable bonds is 5. The number of amides is 3. The molecule has 274 valence electrons. The number of para-hydroxylation sites is 2. The van der Waals surface area contributed by atoms with E-state index in [1.807, 2.05) is 54.6 Å². The van der Waals surface area contributed by atoms with Gasteiger partial charge in [-0.1, -0.05) is 37.1 Å². The predicted octanol–water partition coefficient (Wildman–Crippen LogP) is 4.95. The standard InChI is InChI=1S/C39H45N5O8/c1-38(2,3)52-37(49)42-29-14-8-6-4-5-7-11-25-21-39(25,36(47)48)43-33(45)30-20-26(22-44(30)35(29)46)51-34-32(40-27-12-9-10-13-28(27)41-34)24-15-16-31-23(19-24)17-18-50-31/h7,9-13,15-16,19,25-26,29-30H,4-6,8,14,17-18,20-22H2,1-3H3,(H,42,49)(H,43,45)(H,47,48)/b11-7-/t25?,26-,29+,30?,39?/m1/s1. The second kappa shape index (κ2) is 14.1. The maximum atomic E-state index is 14.4. The highest BCUT2D eigenvalue weighted by molar-refractivity contribution is 5.96. The van der Waals surface area contributed by atoms with Gasteiger partial charge in [-0.15, -0.1) is 0 Å². The second-order valence-electron chi connectivity index (χ2n) is 15.1. The fourth-order valence-electron chi connectivity index (χ4n) is 7.34. The largest absolute Gasteiger partial charge is 0.493 e. The zero-order chi connectivity index (χ0) is 36.6. The highest BCUT2D eigenvalue weighted by Gasteiger charge is 2.61. The molecule has 1 aromatic heterocycles. The third-order valence-corrected chi connectivity index (χ3v) is 10.1. The molecule has 2 fully saturated rings. The number of fused-ring (bicyclic) bond motifs is 4. The Labute approximate surface area is 302 Å². The second-order valence-corrected chi connectivity index (χ2v) is 15.1. The van der Waals surface area contributed by atoms with Crippen molar-refractivity contribution in [3.63, 3.8) is 0 Å². The summed E-state index contributed by atoms with van der Waals surface area (Å²) >= 11 is 0. The molecule has 1 aliphatic carbocycles. The zero-order valence-electron chi connectivity index (χ0n) is 29.7. The van der Waals surface area contributed by atoms with Crippen LogP contribution in [0.5, 0.6) is 11.6 Å². The summed E-state index contributed by atoms with van der Waals surface area (Å²) in [5, 5.41) is 15.8. The first-order chi connectivity index (χ1) is 24.9. The van der Waals surface area contributed by atoms with E-state index in [-0.39, 0.29) is 31.2 Å². The van der Waals surface area contributed by atoms with Crippen molar-refractivity contribution in [1.82, 2.24) is 25.5 Å².